The molecule has 3 rings (SSSR count). The van der Waals surface area contributed by atoms with Crippen molar-refractivity contribution in [2.45, 2.75) is 44.2 Å². The van der Waals surface area contributed by atoms with Crippen LogP contribution in [0.1, 0.15) is 48.5 Å². The lowest BCUT2D eigenvalue weighted by molar-refractivity contribution is -0.142. The highest BCUT2D eigenvalue weighted by atomic mass is 16.4. The van der Waals surface area contributed by atoms with Gasteiger partial charge in [-0.3, -0.25) is 19.7 Å². The van der Waals surface area contributed by atoms with Crippen molar-refractivity contribution in [1.29, 1.82) is 0 Å². The molecule has 1 atom stereocenters. The molecule has 2 aliphatic rings. The third-order valence-electron chi connectivity index (χ3n) is 5.18. The predicted molar refractivity (Wildman–Crippen MR) is 91.3 cm³/mol. The van der Waals surface area contributed by atoms with E-state index in [0.29, 0.717) is 36.8 Å². The summed E-state index contributed by atoms with van der Waals surface area (Å²) in [7, 11) is 0. The van der Waals surface area contributed by atoms with E-state index in [9.17, 15) is 19.2 Å². The Kier molecular flexibility index (Phi) is 4.67. The molecule has 0 radical (unpaired) electrons. The van der Waals surface area contributed by atoms with Gasteiger partial charge >= 0.3 is 12.0 Å². The number of carbonyl (C=O) groups excluding carboxylic acids is 3. The molecule has 1 saturated carbocycles. The molecule has 1 saturated heterocycles. The Bertz CT molecular complexity index is 753. The highest BCUT2D eigenvalue weighted by Gasteiger charge is 2.43. The highest BCUT2D eigenvalue weighted by molar-refractivity contribution is 6.07. The Morgan fingerprint density at radius 2 is 1.73 bits per heavy atom. The van der Waals surface area contributed by atoms with Crippen LogP contribution in [0.2, 0.25) is 0 Å². The Labute approximate surface area is 150 Å². The van der Waals surface area contributed by atoms with Crippen LogP contribution >= 0.6 is 0 Å². The second kappa shape index (κ2) is 6.78. The summed E-state index contributed by atoms with van der Waals surface area (Å²) < 4.78 is 0. The van der Waals surface area contributed by atoms with E-state index in [2.05, 4.69) is 16.0 Å². The number of amides is 4. The summed E-state index contributed by atoms with van der Waals surface area (Å²) in [4.78, 5) is 46.7. The van der Waals surface area contributed by atoms with Crippen molar-refractivity contribution >= 4 is 23.8 Å². The van der Waals surface area contributed by atoms with E-state index in [4.69, 9.17) is 5.11 Å². The molecule has 8 nitrogen and oxygen atoms in total. The van der Waals surface area contributed by atoms with E-state index in [0.717, 1.165) is 0 Å². The summed E-state index contributed by atoms with van der Waals surface area (Å²) in [5.74, 6) is -1.77. The number of hydrogen-bond donors (Lipinski definition) is 4. The van der Waals surface area contributed by atoms with Gasteiger partial charge in [0.1, 0.15) is 5.54 Å². The number of urea groups is 1. The van der Waals surface area contributed by atoms with Crippen molar-refractivity contribution in [1.82, 2.24) is 16.0 Å². The molecule has 2 fully saturated rings. The van der Waals surface area contributed by atoms with Gasteiger partial charge in [-0.1, -0.05) is 12.1 Å². The van der Waals surface area contributed by atoms with Crippen molar-refractivity contribution < 1.29 is 24.3 Å². The van der Waals surface area contributed by atoms with Crippen LogP contribution in [0, 0.1) is 5.92 Å². The Balaban J connectivity index is 1.62. The third-order valence-corrected chi connectivity index (χ3v) is 5.18. The fraction of sp³-hybridized carbons (Fsp3) is 0.444. The standard InChI is InChI=1S/C18H21N3O5/c1-18(16(25)20-17(26)21-18)12-6-2-10(3-7-12)14(22)19-13-8-4-11(5-9-13)15(23)24/h2-3,6-7,11,13H,4-5,8-9H2,1H3,(H,19,22)(H,23,24)(H2,20,21,25,26). The van der Waals surface area contributed by atoms with E-state index in [1.54, 1.807) is 31.2 Å². The number of aliphatic carboxylic acids is 1. The molecule has 1 aliphatic carbocycles. The molecule has 1 aromatic carbocycles. The maximum Gasteiger partial charge on any atom is 0.322 e. The zero-order valence-corrected chi connectivity index (χ0v) is 14.4. The van der Waals surface area contributed by atoms with Crippen LogP contribution in [0.4, 0.5) is 4.79 Å². The van der Waals surface area contributed by atoms with Crippen molar-refractivity contribution in [3.05, 3.63) is 35.4 Å². The average molecular weight is 359 g/mol. The van der Waals surface area contributed by atoms with Crippen molar-refractivity contribution in [3.63, 3.8) is 0 Å². The van der Waals surface area contributed by atoms with Gasteiger partial charge in [0, 0.05) is 11.6 Å². The summed E-state index contributed by atoms with van der Waals surface area (Å²) >= 11 is 0. The maximum absolute atomic E-state index is 12.4. The molecular weight excluding hydrogens is 338 g/mol. The molecule has 138 valence electrons. The molecule has 1 unspecified atom stereocenters. The number of rotatable bonds is 4. The number of hydrogen-bond acceptors (Lipinski definition) is 4. The molecule has 1 aromatic rings. The van der Waals surface area contributed by atoms with E-state index >= 15 is 0 Å². The van der Waals surface area contributed by atoms with Gasteiger partial charge in [0.05, 0.1) is 5.92 Å². The minimum Gasteiger partial charge on any atom is -0.481 e. The van der Waals surface area contributed by atoms with Crippen molar-refractivity contribution in [3.8, 4) is 0 Å². The van der Waals surface area contributed by atoms with Gasteiger partial charge in [-0.05, 0) is 50.3 Å². The van der Waals surface area contributed by atoms with Gasteiger partial charge in [0.2, 0.25) is 0 Å². The lowest BCUT2D eigenvalue weighted by Crippen LogP contribution is -2.40. The molecule has 26 heavy (non-hydrogen) atoms. The third kappa shape index (κ3) is 3.40. The van der Waals surface area contributed by atoms with Gasteiger partial charge in [0.25, 0.3) is 11.8 Å². The zero-order chi connectivity index (χ0) is 18.9. The fourth-order valence-corrected chi connectivity index (χ4v) is 3.45. The average Bonchev–Trinajstić information content (AvgIpc) is 2.88. The number of carboxylic acids is 1. The van der Waals surface area contributed by atoms with Crippen LogP contribution in [0.25, 0.3) is 0 Å². The minimum absolute atomic E-state index is 0.0322. The van der Waals surface area contributed by atoms with E-state index in [-0.39, 0.29) is 17.9 Å². The second-order valence-corrected chi connectivity index (χ2v) is 6.97. The van der Waals surface area contributed by atoms with Crippen molar-refractivity contribution in [2.24, 2.45) is 5.92 Å². The minimum atomic E-state index is -1.15. The van der Waals surface area contributed by atoms with Crippen LogP contribution in [0.15, 0.2) is 24.3 Å². The largest absolute Gasteiger partial charge is 0.481 e. The number of benzene rings is 1. The topological polar surface area (TPSA) is 125 Å². The SMILES string of the molecule is CC1(c2ccc(C(=O)NC3CCC(C(=O)O)CC3)cc2)NC(=O)NC1=O. The maximum atomic E-state index is 12.4. The molecule has 0 spiro atoms. The monoisotopic (exact) mass is 359 g/mol. The predicted octanol–water partition coefficient (Wildman–Crippen LogP) is 1.11. The summed E-state index contributed by atoms with van der Waals surface area (Å²) in [6, 6.07) is 5.92. The Morgan fingerprint density at radius 1 is 1.12 bits per heavy atom. The van der Waals surface area contributed by atoms with Crippen molar-refractivity contribution in [2.75, 3.05) is 0 Å². The van der Waals surface area contributed by atoms with Gasteiger partial charge in [0.15, 0.2) is 0 Å². The second-order valence-electron chi connectivity index (χ2n) is 6.97. The van der Waals surface area contributed by atoms with Crippen LogP contribution in [-0.4, -0.2) is 35.0 Å². The Morgan fingerprint density at radius 3 is 2.23 bits per heavy atom. The molecular formula is C18H21N3O5. The van der Waals surface area contributed by atoms with Gasteiger partial charge in [-0.25, -0.2) is 4.79 Å². The van der Waals surface area contributed by atoms with Gasteiger partial charge in [-0.2, -0.15) is 0 Å². The van der Waals surface area contributed by atoms with E-state index in [1.165, 1.54) is 0 Å². The number of nitrogens with one attached hydrogen (secondary N) is 3. The first-order chi connectivity index (χ1) is 12.3. The summed E-state index contributed by atoms with van der Waals surface area (Å²) in [6.45, 7) is 1.60. The van der Waals surface area contributed by atoms with E-state index < -0.39 is 23.4 Å². The van der Waals surface area contributed by atoms with E-state index in [1.807, 2.05) is 0 Å². The number of carboxylic acid groups (broad SMARTS) is 1. The van der Waals surface area contributed by atoms with Crippen LogP contribution in [-0.2, 0) is 15.1 Å². The first-order valence-corrected chi connectivity index (χ1v) is 8.57. The molecule has 4 N–H and O–H groups in total. The zero-order valence-electron chi connectivity index (χ0n) is 14.4. The molecule has 1 heterocycles. The van der Waals surface area contributed by atoms with Crippen LogP contribution in [0.3, 0.4) is 0 Å². The molecule has 0 bridgehead atoms. The molecule has 8 heteroatoms. The summed E-state index contributed by atoms with van der Waals surface area (Å²) in [5.41, 5.74) is -0.122. The highest BCUT2D eigenvalue weighted by Crippen LogP contribution is 2.26. The first-order valence-electron chi connectivity index (χ1n) is 8.57. The Hall–Kier alpha value is -2.90. The van der Waals surface area contributed by atoms with Crippen LogP contribution < -0.4 is 16.0 Å². The normalized spacial score (nSPS) is 28.2. The molecule has 1 aliphatic heterocycles. The van der Waals surface area contributed by atoms with Crippen LogP contribution in [0.5, 0.6) is 0 Å². The summed E-state index contributed by atoms with van der Waals surface area (Å²) in [5, 5.41) is 16.7. The summed E-state index contributed by atoms with van der Waals surface area (Å²) in [6.07, 6.45) is 2.41. The smallest absolute Gasteiger partial charge is 0.322 e. The van der Waals surface area contributed by atoms with Gasteiger partial charge < -0.3 is 15.7 Å². The number of imide groups is 1. The quantitative estimate of drug-likeness (QED) is 0.600. The molecule has 0 aromatic heterocycles. The number of carbonyl (C=O) groups is 4. The first kappa shape index (κ1) is 17.9. The molecule has 4 amide bonds. The lowest BCUT2D eigenvalue weighted by atomic mass is 9.86. The fourth-order valence-electron chi connectivity index (χ4n) is 3.45. The lowest BCUT2D eigenvalue weighted by Gasteiger charge is -2.27. The van der Waals surface area contributed by atoms with Gasteiger partial charge in [-0.15, -0.1) is 0 Å².